The van der Waals surface area contributed by atoms with E-state index >= 15 is 0 Å². The first-order valence-electron chi connectivity index (χ1n) is 10.5. The van der Waals surface area contributed by atoms with Crippen LogP contribution in [0.5, 0.6) is 0 Å². The molecule has 0 bridgehead atoms. The van der Waals surface area contributed by atoms with Crippen molar-refractivity contribution in [2.75, 3.05) is 18.4 Å². The standard InChI is InChI=1S/C22H32N4O3S/c1-16-10-11-18(14-20(16)30(28,29)25-12-8-6-7-9-13-25)24-21(27)19-15-23-26(17(19)2)22(3,4)5/h10-11,14-15H,6-9,12-13H2,1-5H3,(H,24,27). The van der Waals surface area contributed by atoms with Gasteiger partial charge in [-0.15, -0.1) is 0 Å². The number of aromatic nitrogens is 2. The van der Waals surface area contributed by atoms with Crippen molar-refractivity contribution in [2.24, 2.45) is 0 Å². The quantitative estimate of drug-likeness (QED) is 0.789. The summed E-state index contributed by atoms with van der Waals surface area (Å²) in [5.41, 5.74) is 2.14. The third-order valence-corrected chi connectivity index (χ3v) is 7.56. The summed E-state index contributed by atoms with van der Waals surface area (Å²) in [6.07, 6.45) is 5.43. The van der Waals surface area contributed by atoms with Gasteiger partial charge >= 0.3 is 0 Å². The zero-order valence-corrected chi connectivity index (χ0v) is 19.3. The van der Waals surface area contributed by atoms with Crippen LogP contribution in [0.15, 0.2) is 29.3 Å². The first-order chi connectivity index (χ1) is 14.0. The van der Waals surface area contributed by atoms with Gasteiger partial charge in [0.25, 0.3) is 5.91 Å². The summed E-state index contributed by atoms with van der Waals surface area (Å²) in [6, 6.07) is 5.04. The number of carbonyl (C=O) groups is 1. The number of hydrogen-bond acceptors (Lipinski definition) is 4. The summed E-state index contributed by atoms with van der Waals surface area (Å²) < 4.78 is 29.9. The average Bonchev–Trinajstić information content (AvgIpc) is 2.88. The van der Waals surface area contributed by atoms with Crippen molar-refractivity contribution < 1.29 is 13.2 Å². The lowest BCUT2D eigenvalue weighted by Crippen LogP contribution is -2.32. The minimum atomic E-state index is -3.60. The third kappa shape index (κ3) is 4.59. The van der Waals surface area contributed by atoms with Gasteiger partial charge in [-0.1, -0.05) is 18.9 Å². The van der Waals surface area contributed by atoms with E-state index in [1.54, 1.807) is 35.6 Å². The van der Waals surface area contributed by atoms with Crippen LogP contribution in [0.2, 0.25) is 0 Å². The molecule has 1 aromatic carbocycles. The molecule has 3 rings (SSSR count). The maximum absolute atomic E-state index is 13.2. The summed E-state index contributed by atoms with van der Waals surface area (Å²) in [6.45, 7) is 10.8. The maximum atomic E-state index is 13.2. The first kappa shape index (κ1) is 22.5. The Hall–Kier alpha value is -2.19. The number of aryl methyl sites for hydroxylation is 1. The van der Waals surface area contributed by atoms with Crippen molar-refractivity contribution in [3.05, 3.63) is 41.2 Å². The van der Waals surface area contributed by atoms with Gasteiger partial charge in [0.05, 0.1) is 22.2 Å². The summed E-state index contributed by atoms with van der Waals surface area (Å²) in [5, 5.41) is 7.19. The smallest absolute Gasteiger partial charge is 0.259 e. The number of nitrogens with zero attached hydrogens (tertiary/aromatic N) is 3. The van der Waals surface area contributed by atoms with E-state index in [4.69, 9.17) is 0 Å². The molecule has 0 spiro atoms. The number of sulfonamides is 1. The molecule has 2 aromatic rings. The Bertz CT molecular complexity index is 1030. The summed E-state index contributed by atoms with van der Waals surface area (Å²) in [4.78, 5) is 13.1. The molecule has 1 saturated heterocycles. The molecule has 0 unspecified atom stereocenters. The van der Waals surface area contributed by atoms with Gasteiger partial charge in [0.2, 0.25) is 10.0 Å². The number of rotatable bonds is 4. The molecule has 1 aliphatic rings. The lowest BCUT2D eigenvalue weighted by atomic mass is 10.1. The van der Waals surface area contributed by atoms with Gasteiger partial charge in [-0.2, -0.15) is 9.40 Å². The molecule has 1 N–H and O–H groups in total. The van der Waals surface area contributed by atoms with Gasteiger partial charge < -0.3 is 5.32 Å². The van der Waals surface area contributed by atoms with Gasteiger partial charge in [-0.25, -0.2) is 8.42 Å². The monoisotopic (exact) mass is 432 g/mol. The van der Waals surface area contributed by atoms with Gasteiger partial charge in [-0.05, 0) is 65.2 Å². The minimum Gasteiger partial charge on any atom is -0.322 e. The minimum absolute atomic E-state index is 0.235. The maximum Gasteiger partial charge on any atom is 0.259 e. The Labute approximate surface area is 179 Å². The number of hydrogen-bond donors (Lipinski definition) is 1. The molecule has 164 valence electrons. The normalized spacial score (nSPS) is 16.3. The summed E-state index contributed by atoms with van der Waals surface area (Å²) in [5.74, 6) is -0.301. The molecule has 1 aliphatic heterocycles. The fourth-order valence-electron chi connectivity index (χ4n) is 3.88. The average molecular weight is 433 g/mol. The van der Waals surface area contributed by atoms with E-state index in [1.165, 1.54) is 0 Å². The van der Waals surface area contributed by atoms with E-state index in [9.17, 15) is 13.2 Å². The fraction of sp³-hybridized carbons (Fsp3) is 0.545. The zero-order valence-electron chi connectivity index (χ0n) is 18.5. The van der Waals surface area contributed by atoms with E-state index in [0.29, 0.717) is 29.9 Å². The highest BCUT2D eigenvalue weighted by Gasteiger charge is 2.27. The molecular formula is C22H32N4O3S. The predicted octanol–water partition coefficient (Wildman–Crippen LogP) is 4.07. The Morgan fingerprint density at radius 3 is 2.27 bits per heavy atom. The Balaban J connectivity index is 1.87. The summed E-state index contributed by atoms with van der Waals surface area (Å²) in [7, 11) is -3.60. The molecule has 8 heteroatoms. The SMILES string of the molecule is Cc1ccc(NC(=O)c2cnn(C(C)(C)C)c2C)cc1S(=O)(=O)N1CCCCCC1. The van der Waals surface area contributed by atoms with Gasteiger partial charge in [0.15, 0.2) is 0 Å². The van der Waals surface area contributed by atoms with Crippen LogP contribution in [0.3, 0.4) is 0 Å². The van der Waals surface area contributed by atoms with E-state index in [1.807, 2.05) is 32.4 Å². The van der Waals surface area contributed by atoms with Crippen molar-refractivity contribution in [1.29, 1.82) is 0 Å². The Morgan fingerprint density at radius 2 is 1.70 bits per heavy atom. The second-order valence-corrected chi connectivity index (χ2v) is 10.9. The number of benzene rings is 1. The van der Waals surface area contributed by atoms with Crippen LogP contribution in [-0.2, 0) is 15.6 Å². The molecule has 30 heavy (non-hydrogen) atoms. The number of nitrogens with one attached hydrogen (secondary N) is 1. The van der Waals surface area contributed by atoms with Crippen molar-refractivity contribution in [2.45, 2.75) is 70.7 Å². The highest BCUT2D eigenvalue weighted by Crippen LogP contribution is 2.26. The van der Waals surface area contributed by atoms with Gasteiger partial charge in [0, 0.05) is 24.5 Å². The van der Waals surface area contributed by atoms with Crippen LogP contribution in [-0.4, -0.2) is 41.5 Å². The first-order valence-corrected chi connectivity index (χ1v) is 11.9. The van der Waals surface area contributed by atoms with E-state index in [2.05, 4.69) is 10.4 Å². The molecule has 1 fully saturated rings. The third-order valence-electron chi connectivity index (χ3n) is 5.52. The number of carbonyl (C=O) groups excluding carboxylic acids is 1. The Morgan fingerprint density at radius 1 is 1.07 bits per heavy atom. The van der Waals surface area contributed by atoms with Gasteiger partial charge in [-0.3, -0.25) is 9.48 Å². The second-order valence-electron chi connectivity index (χ2n) is 8.98. The van der Waals surface area contributed by atoms with Crippen molar-refractivity contribution >= 4 is 21.6 Å². The topological polar surface area (TPSA) is 84.3 Å². The lowest BCUT2D eigenvalue weighted by Gasteiger charge is -2.22. The molecule has 1 amide bonds. The van der Waals surface area contributed by atoms with Crippen molar-refractivity contribution in [3.8, 4) is 0 Å². The Kier molecular flexibility index (Phi) is 6.38. The molecule has 7 nitrogen and oxygen atoms in total. The van der Waals surface area contributed by atoms with Crippen LogP contribution < -0.4 is 5.32 Å². The highest BCUT2D eigenvalue weighted by molar-refractivity contribution is 7.89. The number of anilines is 1. The van der Waals surface area contributed by atoms with E-state index in [-0.39, 0.29) is 16.3 Å². The van der Waals surface area contributed by atoms with Crippen LogP contribution >= 0.6 is 0 Å². The van der Waals surface area contributed by atoms with Crippen LogP contribution in [0.4, 0.5) is 5.69 Å². The van der Waals surface area contributed by atoms with Crippen LogP contribution in [0.25, 0.3) is 0 Å². The molecule has 0 aliphatic carbocycles. The highest BCUT2D eigenvalue weighted by atomic mass is 32.2. The van der Waals surface area contributed by atoms with Crippen LogP contribution in [0.1, 0.15) is 68.1 Å². The molecule has 0 radical (unpaired) electrons. The van der Waals surface area contributed by atoms with Gasteiger partial charge in [0.1, 0.15) is 0 Å². The molecule has 1 aromatic heterocycles. The molecular weight excluding hydrogens is 400 g/mol. The fourth-order valence-corrected chi connectivity index (χ4v) is 5.65. The van der Waals surface area contributed by atoms with Crippen molar-refractivity contribution in [3.63, 3.8) is 0 Å². The summed E-state index contributed by atoms with van der Waals surface area (Å²) >= 11 is 0. The second kappa shape index (κ2) is 8.51. The molecule has 0 atom stereocenters. The van der Waals surface area contributed by atoms with Crippen LogP contribution in [0, 0.1) is 13.8 Å². The lowest BCUT2D eigenvalue weighted by molar-refractivity contribution is 0.102. The molecule has 0 saturated carbocycles. The largest absolute Gasteiger partial charge is 0.322 e. The van der Waals surface area contributed by atoms with Crippen molar-refractivity contribution in [1.82, 2.24) is 14.1 Å². The molecule has 2 heterocycles. The number of amides is 1. The zero-order chi connectivity index (χ0) is 22.1. The van der Waals surface area contributed by atoms with E-state index < -0.39 is 10.0 Å². The van der Waals surface area contributed by atoms with E-state index in [0.717, 1.165) is 31.4 Å². The predicted molar refractivity (Wildman–Crippen MR) is 118 cm³/mol.